The zero-order chi connectivity index (χ0) is 17.6. The van der Waals surface area contributed by atoms with E-state index in [1.165, 1.54) is 6.42 Å². The quantitative estimate of drug-likeness (QED) is 0.782. The van der Waals surface area contributed by atoms with E-state index in [2.05, 4.69) is 10.3 Å². The smallest absolute Gasteiger partial charge is 0.253 e. The Bertz CT molecular complexity index is 725. The van der Waals surface area contributed by atoms with Gasteiger partial charge in [0.05, 0.1) is 12.7 Å². The normalized spacial score (nSPS) is 18.6. The Kier molecular flexibility index (Phi) is 9.56. The van der Waals surface area contributed by atoms with Crippen LogP contribution in [0.5, 0.6) is 5.75 Å². The van der Waals surface area contributed by atoms with E-state index in [-0.39, 0.29) is 36.8 Å². The van der Waals surface area contributed by atoms with Gasteiger partial charge >= 0.3 is 0 Å². The number of hydrogen-bond acceptors (Lipinski definition) is 4. The van der Waals surface area contributed by atoms with Crippen LogP contribution in [0.4, 0.5) is 0 Å². The van der Waals surface area contributed by atoms with Gasteiger partial charge in [-0.25, -0.2) is 0 Å². The van der Waals surface area contributed by atoms with E-state index >= 15 is 0 Å². The molecule has 0 bridgehead atoms. The molecule has 0 radical (unpaired) electrons. The molecule has 2 unspecified atom stereocenters. The van der Waals surface area contributed by atoms with E-state index in [0.29, 0.717) is 18.0 Å². The van der Waals surface area contributed by atoms with E-state index in [0.717, 1.165) is 36.1 Å². The maximum atomic E-state index is 12.6. The molecule has 0 saturated heterocycles. The molecule has 1 aliphatic carbocycles. The van der Waals surface area contributed by atoms with Gasteiger partial charge < -0.3 is 15.8 Å². The van der Waals surface area contributed by atoms with E-state index in [4.69, 9.17) is 10.5 Å². The Morgan fingerprint density at radius 3 is 2.52 bits per heavy atom. The number of amides is 1. The predicted octanol–water partition coefficient (Wildman–Crippen LogP) is 3.85. The summed E-state index contributed by atoms with van der Waals surface area (Å²) >= 11 is 0. The second-order valence-corrected chi connectivity index (χ2v) is 6.55. The number of aromatic nitrogens is 1. The van der Waals surface area contributed by atoms with Crippen LogP contribution in [0.25, 0.3) is 11.1 Å². The molecular weight excluding hydrogens is 385 g/mol. The minimum absolute atomic E-state index is 0. The summed E-state index contributed by atoms with van der Waals surface area (Å²) in [6.07, 6.45) is 7.81. The maximum Gasteiger partial charge on any atom is 0.253 e. The fourth-order valence-corrected chi connectivity index (χ4v) is 3.44. The molecule has 1 aromatic heterocycles. The standard InChI is InChI=1S/C20H25N3O2.2ClH/c1-25-18-8-6-14(7-9-18)16-10-17(13-22-12-16)20(24)23-19-5-3-2-4-15(19)11-21;;/h6-10,12-13,15,19H,2-5,11,21H2,1H3,(H,23,24);2*1H. The van der Waals surface area contributed by atoms with Crippen molar-refractivity contribution in [2.45, 2.75) is 31.7 Å². The highest BCUT2D eigenvalue weighted by molar-refractivity contribution is 5.95. The Balaban J connectivity index is 0.00000182. The van der Waals surface area contributed by atoms with Gasteiger partial charge in [0.15, 0.2) is 0 Å². The van der Waals surface area contributed by atoms with Gasteiger partial charge in [-0.2, -0.15) is 0 Å². The van der Waals surface area contributed by atoms with Crippen molar-refractivity contribution in [2.75, 3.05) is 13.7 Å². The molecule has 1 saturated carbocycles. The van der Waals surface area contributed by atoms with Crippen molar-refractivity contribution < 1.29 is 9.53 Å². The number of carbonyl (C=O) groups excluding carboxylic acids is 1. The number of carbonyl (C=O) groups is 1. The lowest BCUT2D eigenvalue weighted by atomic mass is 9.84. The summed E-state index contributed by atoms with van der Waals surface area (Å²) in [6.45, 7) is 0.620. The lowest BCUT2D eigenvalue weighted by Gasteiger charge is -2.31. The average molecular weight is 412 g/mol. The first kappa shape index (κ1) is 23.2. The number of benzene rings is 1. The molecule has 1 amide bonds. The fourth-order valence-electron chi connectivity index (χ4n) is 3.44. The fraction of sp³-hybridized carbons (Fsp3) is 0.400. The van der Waals surface area contributed by atoms with Crippen LogP contribution in [-0.2, 0) is 0 Å². The van der Waals surface area contributed by atoms with Crippen LogP contribution in [-0.4, -0.2) is 30.6 Å². The number of nitrogens with two attached hydrogens (primary N) is 1. The molecule has 3 N–H and O–H groups in total. The molecule has 0 aliphatic heterocycles. The second kappa shape index (κ2) is 11.1. The highest BCUT2D eigenvalue weighted by atomic mass is 35.5. The van der Waals surface area contributed by atoms with Crippen LogP contribution in [0.15, 0.2) is 42.7 Å². The molecule has 2 atom stereocenters. The summed E-state index contributed by atoms with van der Waals surface area (Å²) in [6, 6.07) is 9.76. The van der Waals surface area contributed by atoms with Gasteiger partial charge in [0.25, 0.3) is 5.91 Å². The Morgan fingerprint density at radius 2 is 1.85 bits per heavy atom. The van der Waals surface area contributed by atoms with Crippen LogP contribution in [0.3, 0.4) is 0 Å². The average Bonchev–Trinajstić information content (AvgIpc) is 2.68. The Hall–Kier alpha value is -1.82. The third kappa shape index (κ3) is 5.83. The van der Waals surface area contributed by atoms with Crippen LogP contribution in [0.1, 0.15) is 36.0 Å². The van der Waals surface area contributed by atoms with Gasteiger partial charge in [-0.1, -0.05) is 25.0 Å². The zero-order valence-electron chi connectivity index (χ0n) is 15.4. The third-order valence-electron chi connectivity index (χ3n) is 4.95. The van der Waals surface area contributed by atoms with Crippen molar-refractivity contribution in [3.05, 3.63) is 48.3 Å². The van der Waals surface area contributed by atoms with Gasteiger partial charge in [-0.05, 0) is 49.1 Å². The van der Waals surface area contributed by atoms with E-state index in [1.807, 2.05) is 30.3 Å². The van der Waals surface area contributed by atoms with Gasteiger partial charge in [0.2, 0.25) is 0 Å². The molecule has 1 aromatic carbocycles. The molecule has 0 spiro atoms. The minimum atomic E-state index is -0.0757. The molecular formula is C20H27Cl2N3O2. The molecule has 7 heteroatoms. The summed E-state index contributed by atoms with van der Waals surface area (Å²) in [5.41, 5.74) is 8.35. The van der Waals surface area contributed by atoms with Crippen molar-refractivity contribution in [3.63, 3.8) is 0 Å². The topological polar surface area (TPSA) is 77.2 Å². The van der Waals surface area contributed by atoms with Gasteiger partial charge in [-0.3, -0.25) is 9.78 Å². The lowest BCUT2D eigenvalue weighted by molar-refractivity contribution is 0.0907. The highest BCUT2D eigenvalue weighted by Crippen LogP contribution is 2.25. The SMILES string of the molecule is COc1ccc(-c2cncc(C(=O)NC3CCCCC3CN)c2)cc1.Cl.Cl. The number of nitrogens with zero attached hydrogens (tertiary/aromatic N) is 1. The Morgan fingerprint density at radius 1 is 1.15 bits per heavy atom. The summed E-state index contributed by atoms with van der Waals surface area (Å²) < 4.78 is 5.18. The summed E-state index contributed by atoms with van der Waals surface area (Å²) in [5, 5.41) is 3.15. The molecule has 5 nitrogen and oxygen atoms in total. The summed E-state index contributed by atoms with van der Waals surface area (Å²) in [4.78, 5) is 16.9. The number of pyridine rings is 1. The number of halogens is 2. The number of nitrogens with one attached hydrogen (secondary N) is 1. The minimum Gasteiger partial charge on any atom is -0.497 e. The largest absolute Gasteiger partial charge is 0.497 e. The predicted molar refractivity (Wildman–Crippen MR) is 113 cm³/mol. The summed E-state index contributed by atoms with van der Waals surface area (Å²) in [7, 11) is 1.64. The molecule has 1 fully saturated rings. The monoisotopic (exact) mass is 411 g/mol. The van der Waals surface area contributed by atoms with Crippen molar-refractivity contribution in [3.8, 4) is 16.9 Å². The van der Waals surface area contributed by atoms with Crippen molar-refractivity contribution in [2.24, 2.45) is 11.7 Å². The van der Waals surface area contributed by atoms with Crippen molar-refractivity contribution >= 4 is 30.7 Å². The molecule has 3 rings (SSSR count). The van der Waals surface area contributed by atoms with Crippen molar-refractivity contribution in [1.29, 1.82) is 0 Å². The van der Waals surface area contributed by atoms with E-state index < -0.39 is 0 Å². The van der Waals surface area contributed by atoms with E-state index in [1.54, 1.807) is 19.5 Å². The first-order chi connectivity index (χ1) is 12.2. The number of methoxy groups -OCH3 is 1. The lowest BCUT2D eigenvalue weighted by Crippen LogP contribution is -2.44. The Labute approximate surface area is 172 Å². The molecule has 1 heterocycles. The summed E-state index contributed by atoms with van der Waals surface area (Å²) in [5.74, 6) is 1.10. The first-order valence-corrected chi connectivity index (χ1v) is 8.81. The van der Waals surface area contributed by atoms with Crippen LogP contribution in [0, 0.1) is 5.92 Å². The second-order valence-electron chi connectivity index (χ2n) is 6.55. The highest BCUT2D eigenvalue weighted by Gasteiger charge is 2.25. The third-order valence-corrected chi connectivity index (χ3v) is 4.95. The molecule has 1 aliphatic rings. The van der Waals surface area contributed by atoms with Crippen LogP contribution in [0.2, 0.25) is 0 Å². The number of rotatable bonds is 5. The molecule has 27 heavy (non-hydrogen) atoms. The number of ether oxygens (including phenoxy) is 1. The zero-order valence-corrected chi connectivity index (χ0v) is 17.0. The van der Waals surface area contributed by atoms with Gasteiger partial charge in [-0.15, -0.1) is 24.8 Å². The molecule has 2 aromatic rings. The van der Waals surface area contributed by atoms with Crippen LogP contribution >= 0.6 is 24.8 Å². The van der Waals surface area contributed by atoms with Crippen molar-refractivity contribution in [1.82, 2.24) is 10.3 Å². The van der Waals surface area contributed by atoms with Gasteiger partial charge in [0, 0.05) is 24.0 Å². The van der Waals surface area contributed by atoms with E-state index in [9.17, 15) is 4.79 Å². The number of hydrogen-bond donors (Lipinski definition) is 2. The van der Waals surface area contributed by atoms with Gasteiger partial charge in [0.1, 0.15) is 5.75 Å². The maximum absolute atomic E-state index is 12.6. The first-order valence-electron chi connectivity index (χ1n) is 8.81. The molecule has 148 valence electrons. The van der Waals surface area contributed by atoms with Crippen LogP contribution < -0.4 is 15.8 Å².